The van der Waals surface area contributed by atoms with Gasteiger partial charge in [-0.25, -0.2) is 8.78 Å². The fraction of sp³-hybridized carbons (Fsp3) is 0.200. The van der Waals surface area contributed by atoms with Gasteiger partial charge >= 0.3 is 0 Å². The Labute approximate surface area is 135 Å². The number of benzene rings is 1. The average molecular weight is 333 g/mol. The molecule has 9 heteroatoms. The first-order valence-electron chi connectivity index (χ1n) is 7.17. The molecule has 0 aliphatic rings. The van der Waals surface area contributed by atoms with Gasteiger partial charge in [-0.05, 0) is 18.6 Å². The van der Waals surface area contributed by atoms with Crippen molar-refractivity contribution in [3.05, 3.63) is 54.0 Å². The molecule has 1 amide bonds. The summed E-state index contributed by atoms with van der Waals surface area (Å²) in [5.41, 5.74) is 0.209. The lowest BCUT2D eigenvalue weighted by molar-refractivity contribution is 0.0943. The number of amides is 1. The minimum Gasteiger partial charge on any atom is -0.355 e. The molecule has 2 aromatic heterocycles. The minimum absolute atomic E-state index is 0.0374. The number of nitrogens with zero attached hydrogens (tertiary/aromatic N) is 4. The first-order chi connectivity index (χ1) is 11.6. The maximum atomic E-state index is 13.2. The summed E-state index contributed by atoms with van der Waals surface area (Å²) >= 11 is 0. The Morgan fingerprint density at radius 2 is 2.00 bits per heavy atom. The number of hydrogen-bond donors (Lipinski definition) is 1. The second-order valence-corrected chi connectivity index (χ2v) is 5.01. The maximum Gasteiger partial charge on any atom is 0.273 e. The third kappa shape index (κ3) is 3.80. The standard InChI is InChI=1S/C15H13F2N5O2/c16-11-6-10(7-12(17)8-11)14-9-13(20-24-14)15(23)18-2-1-4-22-5-3-19-21-22/h3,5-9H,1-2,4H2,(H,18,23). The van der Waals surface area contributed by atoms with Crippen LogP contribution in [0.15, 0.2) is 41.2 Å². The van der Waals surface area contributed by atoms with Crippen molar-refractivity contribution in [2.45, 2.75) is 13.0 Å². The lowest BCUT2D eigenvalue weighted by Gasteiger charge is -2.02. The van der Waals surface area contributed by atoms with Crippen LogP contribution in [-0.4, -0.2) is 32.6 Å². The highest BCUT2D eigenvalue weighted by atomic mass is 19.1. The van der Waals surface area contributed by atoms with Crippen molar-refractivity contribution < 1.29 is 18.1 Å². The predicted octanol–water partition coefficient (Wildman–Crippen LogP) is 2.03. The Hall–Kier alpha value is -3.10. The van der Waals surface area contributed by atoms with Crippen LogP contribution in [0.5, 0.6) is 0 Å². The maximum absolute atomic E-state index is 13.2. The number of hydrogen-bond acceptors (Lipinski definition) is 5. The van der Waals surface area contributed by atoms with Crippen LogP contribution in [0, 0.1) is 11.6 Å². The van der Waals surface area contributed by atoms with Crippen molar-refractivity contribution in [1.82, 2.24) is 25.5 Å². The Bertz CT molecular complexity index is 812. The summed E-state index contributed by atoms with van der Waals surface area (Å²) in [7, 11) is 0. The van der Waals surface area contributed by atoms with Crippen LogP contribution in [0.3, 0.4) is 0 Å². The Morgan fingerprint density at radius 3 is 2.71 bits per heavy atom. The normalized spacial score (nSPS) is 10.8. The van der Waals surface area contributed by atoms with Gasteiger partial charge in [0.25, 0.3) is 5.91 Å². The monoisotopic (exact) mass is 333 g/mol. The van der Waals surface area contributed by atoms with Crippen molar-refractivity contribution in [2.24, 2.45) is 0 Å². The van der Waals surface area contributed by atoms with Gasteiger partial charge in [-0.1, -0.05) is 10.4 Å². The fourth-order valence-electron chi connectivity index (χ4n) is 2.10. The molecule has 0 spiro atoms. The Kier molecular flexibility index (Phi) is 4.59. The number of carbonyl (C=O) groups excluding carboxylic acids is 1. The highest BCUT2D eigenvalue weighted by Gasteiger charge is 2.14. The molecule has 3 aromatic rings. The third-order valence-corrected chi connectivity index (χ3v) is 3.21. The summed E-state index contributed by atoms with van der Waals surface area (Å²) in [5, 5.41) is 13.8. The van der Waals surface area contributed by atoms with Crippen molar-refractivity contribution in [2.75, 3.05) is 6.54 Å². The number of carbonyl (C=O) groups is 1. The molecule has 2 heterocycles. The van der Waals surface area contributed by atoms with E-state index in [0.717, 1.165) is 18.2 Å². The molecule has 0 aliphatic heterocycles. The third-order valence-electron chi connectivity index (χ3n) is 3.21. The SMILES string of the molecule is O=C(NCCCn1ccnn1)c1cc(-c2cc(F)cc(F)c2)on1. The molecule has 0 bridgehead atoms. The molecule has 1 aromatic carbocycles. The number of halogens is 2. The largest absolute Gasteiger partial charge is 0.355 e. The van der Waals surface area contributed by atoms with E-state index >= 15 is 0 Å². The van der Waals surface area contributed by atoms with Gasteiger partial charge < -0.3 is 9.84 Å². The molecule has 0 saturated carbocycles. The van der Waals surface area contributed by atoms with Crippen LogP contribution in [0.25, 0.3) is 11.3 Å². The lowest BCUT2D eigenvalue weighted by Crippen LogP contribution is -2.25. The summed E-state index contributed by atoms with van der Waals surface area (Å²) in [4.78, 5) is 12.0. The average Bonchev–Trinajstić information content (AvgIpc) is 3.22. The Balaban J connectivity index is 1.57. The molecule has 0 radical (unpaired) electrons. The molecule has 124 valence electrons. The van der Waals surface area contributed by atoms with Crippen molar-refractivity contribution in [1.29, 1.82) is 0 Å². The first kappa shape index (κ1) is 15.8. The number of aryl methyl sites for hydroxylation is 1. The van der Waals surface area contributed by atoms with Gasteiger partial charge in [-0.15, -0.1) is 5.10 Å². The number of rotatable bonds is 6. The van der Waals surface area contributed by atoms with E-state index in [0.29, 0.717) is 19.5 Å². The molecule has 0 fully saturated rings. The van der Waals surface area contributed by atoms with Crippen LogP contribution < -0.4 is 5.32 Å². The molecule has 0 saturated heterocycles. The summed E-state index contributed by atoms with van der Waals surface area (Å²) in [6, 6.07) is 4.29. The summed E-state index contributed by atoms with van der Waals surface area (Å²) in [5.74, 6) is -1.79. The molecule has 3 rings (SSSR count). The molecular weight excluding hydrogens is 320 g/mol. The van der Waals surface area contributed by atoms with Crippen molar-refractivity contribution in [3.8, 4) is 11.3 Å². The second-order valence-electron chi connectivity index (χ2n) is 5.01. The van der Waals surface area contributed by atoms with Gasteiger partial charge in [0, 0.05) is 37.0 Å². The smallest absolute Gasteiger partial charge is 0.273 e. The van der Waals surface area contributed by atoms with E-state index in [4.69, 9.17) is 4.52 Å². The second kappa shape index (κ2) is 6.99. The number of nitrogens with one attached hydrogen (secondary N) is 1. The predicted molar refractivity (Wildman–Crippen MR) is 78.8 cm³/mol. The first-order valence-corrected chi connectivity index (χ1v) is 7.17. The zero-order valence-corrected chi connectivity index (χ0v) is 12.4. The van der Waals surface area contributed by atoms with Gasteiger partial charge in [-0.3, -0.25) is 9.48 Å². The van der Waals surface area contributed by atoms with Crippen LogP contribution in [0.2, 0.25) is 0 Å². The van der Waals surface area contributed by atoms with E-state index in [9.17, 15) is 13.6 Å². The van der Waals surface area contributed by atoms with Crippen LogP contribution >= 0.6 is 0 Å². The molecule has 24 heavy (non-hydrogen) atoms. The lowest BCUT2D eigenvalue weighted by atomic mass is 10.1. The summed E-state index contributed by atoms with van der Waals surface area (Å²) in [6.07, 6.45) is 3.96. The Morgan fingerprint density at radius 1 is 1.21 bits per heavy atom. The molecule has 7 nitrogen and oxygen atoms in total. The molecule has 0 unspecified atom stereocenters. The van der Waals surface area contributed by atoms with E-state index in [1.165, 1.54) is 6.07 Å². The van der Waals surface area contributed by atoms with Gasteiger partial charge in [0.15, 0.2) is 11.5 Å². The molecule has 0 aliphatic carbocycles. The van der Waals surface area contributed by atoms with Crippen molar-refractivity contribution in [3.63, 3.8) is 0 Å². The van der Waals surface area contributed by atoms with Crippen molar-refractivity contribution >= 4 is 5.91 Å². The van der Waals surface area contributed by atoms with E-state index in [1.807, 2.05) is 0 Å². The van der Waals surface area contributed by atoms with E-state index in [-0.39, 0.29) is 17.0 Å². The molecule has 0 atom stereocenters. The van der Waals surface area contributed by atoms with Gasteiger partial charge in [-0.2, -0.15) is 0 Å². The van der Waals surface area contributed by atoms with Crippen LogP contribution in [0.1, 0.15) is 16.9 Å². The van der Waals surface area contributed by atoms with E-state index in [1.54, 1.807) is 17.1 Å². The zero-order chi connectivity index (χ0) is 16.9. The highest BCUT2D eigenvalue weighted by molar-refractivity contribution is 5.93. The van der Waals surface area contributed by atoms with Crippen LogP contribution in [-0.2, 0) is 6.54 Å². The fourth-order valence-corrected chi connectivity index (χ4v) is 2.10. The topological polar surface area (TPSA) is 85.8 Å². The highest BCUT2D eigenvalue weighted by Crippen LogP contribution is 2.22. The quantitative estimate of drug-likeness (QED) is 0.698. The molecular formula is C15H13F2N5O2. The van der Waals surface area contributed by atoms with E-state index in [2.05, 4.69) is 20.8 Å². The van der Waals surface area contributed by atoms with E-state index < -0.39 is 17.5 Å². The summed E-state index contributed by atoms with van der Waals surface area (Å²) < 4.78 is 33.0. The minimum atomic E-state index is -0.736. The molecule has 1 N–H and O–H groups in total. The van der Waals surface area contributed by atoms with Crippen LogP contribution in [0.4, 0.5) is 8.78 Å². The zero-order valence-electron chi connectivity index (χ0n) is 12.4. The van der Waals surface area contributed by atoms with Gasteiger partial charge in [0.2, 0.25) is 0 Å². The van der Waals surface area contributed by atoms with Gasteiger partial charge in [0.1, 0.15) is 11.6 Å². The number of aromatic nitrogens is 4. The summed E-state index contributed by atoms with van der Waals surface area (Å²) in [6.45, 7) is 1.03. The van der Waals surface area contributed by atoms with Gasteiger partial charge in [0.05, 0.1) is 6.20 Å².